The summed E-state index contributed by atoms with van der Waals surface area (Å²) in [7, 11) is 1.55. The van der Waals surface area contributed by atoms with E-state index in [-0.39, 0.29) is 5.91 Å². The molecule has 0 aliphatic heterocycles. The van der Waals surface area contributed by atoms with Crippen LogP contribution in [-0.2, 0) is 0 Å². The van der Waals surface area contributed by atoms with Crippen LogP contribution in [0.3, 0.4) is 0 Å². The van der Waals surface area contributed by atoms with Gasteiger partial charge >= 0.3 is 0 Å². The highest BCUT2D eigenvalue weighted by atomic mass is 35.5. The van der Waals surface area contributed by atoms with E-state index in [4.69, 9.17) is 33.7 Å². The number of hydrogen-bond donors (Lipinski definition) is 2. The quantitative estimate of drug-likeness (QED) is 0.849. The Labute approximate surface area is 126 Å². The third kappa shape index (κ3) is 3.15. The Morgan fingerprint density at radius 1 is 1.15 bits per heavy atom. The minimum atomic E-state index is -0.219. The Morgan fingerprint density at radius 2 is 1.90 bits per heavy atom. The first-order chi connectivity index (χ1) is 9.51. The monoisotopic (exact) mass is 310 g/mol. The minimum Gasteiger partial charge on any atom is -0.455 e. The summed E-state index contributed by atoms with van der Waals surface area (Å²) < 4.78 is 5.63. The average molecular weight is 311 g/mol. The highest BCUT2D eigenvalue weighted by Crippen LogP contribution is 2.32. The lowest BCUT2D eigenvalue weighted by Crippen LogP contribution is -2.17. The predicted molar refractivity (Wildman–Crippen MR) is 80.8 cm³/mol. The van der Waals surface area contributed by atoms with E-state index in [0.717, 1.165) is 0 Å². The lowest BCUT2D eigenvalue weighted by atomic mass is 10.2. The van der Waals surface area contributed by atoms with Crippen molar-refractivity contribution in [3.63, 3.8) is 0 Å². The summed E-state index contributed by atoms with van der Waals surface area (Å²) in [5.41, 5.74) is 6.71. The fraction of sp³-hybridized carbons (Fsp3) is 0.0714. The van der Waals surface area contributed by atoms with Gasteiger partial charge in [0.2, 0.25) is 0 Å². The molecule has 0 aliphatic rings. The Kier molecular flexibility index (Phi) is 4.37. The van der Waals surface area contributed by atoms with Crippen LogP contribution in [0.25, 0.3) is 0 Å². The first kappa shape index (κ1) is 14.5. The number of ether oxygens (including phenoxy) is 1. The van der Waals surface area contributed by atoms with E-state index in [1.807, 2.05) is 0 Å². The number of nitrogen functional groups attached to an aromatic ring is 1. The van der Waals surface area contributed by atoms with Gasteiger partial charge in [-0.3, -0.25) is 4.79 Å². The minimum absolute atomic E-state index is 0.219. The molecule has 104 valence electrons. The number of nitrogens with two attached hydrogens (primary N) is 1. The smallest absolute Gasteiger partial charge is 0.251 e. The van der Waals surface area contributed by atoms with Crippen molar-refractivity contribution in [2.45, 2.75) is 0 Å². The van der Waals surface area contributed by atoms with Crippen molar-refractivity contribution in [1.82, 2.24) is 5.32 Å². The molecule has 0 atom stereocenters. The van der Waals surface area contributed by atoms with E-state index in [1.54, 1.807) is 43.4 Å². The van der Waals surface area contributed by atoms with Gasteiger partial charge in [-0.05, 0) is 30.3 Å². The Hall–Kier alpha value is -1.91. The number of carbonyl (C=O) groups is 1. The van der Waals surface area contributed by atoms with Crippen LogP contribution in [0.2, 0.25) is 10.0 Å². The van der Waals surface area contributed by atoms with Gasteiger partial charge in [-0.2, -0.15) is 0 Å². The summed E-state index contributed by atoms with van der Waals surface area (Å²) >= 11 is 11.8. The van der Waals surface area contributed by atoms with E-state index >= 15 is 0 Å². The molecule has 20 heavy (non-hydrogen) atoms. The van der Waals surface area contributed by atoms with Gasteiger partial charge in [-0.15, -0.1) is 0 Å². The number of hydrogen-bond acceptors (Lipinski definition) is 3. The van der Waals surface area contributed by atoms with Crippen LogP contribution in [0.15, 0.2) is 36.4 Å². The van der Waals surface area contributed by atoms with Gasteiger partial charge < -0.3 is 15.8 Å². The summed E-state index contributed by atoms with van der Waals surface area (Å²) in [6.45, 7) is 0. The maximum atomic E-state index is 11.6. The van der Waals surface area contributed by atoms with Gasteiger partial charge in [-0.25, -0.2) is 0 Å². The molecule has 0 saturated heterocycles. The van der Waals surface area contributed by atoms with Gasteiger partial charge in [0.05, 0.1) is 15.7 Å². The Balaban J connectivity index is 2.32. The molecule has 0 aliphatic carbocycles. The highest BCUT2D eigenvalue weighted by Gasteiger charge is 2.09. The molecule has 0 aromatic heterocycles. The molecular weight excluding hydrogens is 299 g/mol. The number of amides is 1. The maximum absolute atomic E-state index is 11.6. The van der Waals surface area contributed by atoms with E-state index < -0.39 is 0 Å². The largest absolute Gasteiger partial charge is 0.455 e. The van der Waals surface area contributed by atoms with Gasteiger partial charge in [-0.1, -0.05) is 23.2 Å². The zero-order chi connectivity index (χ0) is 14.7. The first-order valence-corrected chi connectivity index (χ1v) is 6.51. The van der Waals surface area contributed by atoms with Crippen molar-refractivity contribution in [3.8, 4) is 11.5 Å². The molecule has 0 fully saturated rings. The third-order valence-electron chi connectivity index (χ3n) is 2.62. The summed E-state index contributed by atoms with van der Waals surface area (Å²) in [6.07, 6.45) is 0. The van der Waals surface area contributed by atoms with Crippen molar-refractivity contribution in [1.29, 1.82) is 0 Å². The van der Waals surface area contributed by atoms with Crippen molar-refractivity contribution < 1.29 is 9.53 Å². The molecule has 2 aromatic rings. The van der Waals surface area contributed by atoms with Crippen LogP contribution in [0.1, 0.15) is 10.4 Å². The average Bonchev–Trinajstić information content (AvgIpc) is 2.44. The second-order valence-electron chi connectivity index (χ2n) is 4.01. The Morgan fingerprint density at radius 3 is 2.55 bits per heavy atom. The van der Waals surface area contributed by atoms with Crippen LogP contribution in [0.5, 0.6) is 11.5 Å². The fourth-order valence-electron chi connectivity index (χ4n) is 1.58. The molecule has 0 bridgehead atoms. The zero-order valence-electron chi connectivity index (χ0n) is 10.6. The van der Waals surface area contributed by atoms with Crippen LogP contribution in [0.4, 0.5) is 5.69 Å². The standard InChI is InChI=1S/C14H12Cl2N2O2/c1-18-14(19)8-2-5-12(17)13(6-8)20-9-3-4-10(15)11(16)7-9/h2-7H,17H2,1H3,(H,18,19). The normalized spacial score (nSPS) is 10.2. The number of anilines is 1. The lowest BCUT2D eigenvalue weighted by Gasteiger charge is -2.10. The van der Waals surface area contributed by atoms with Gasteiger partial charge in [0.1, 0.15) is 5.75 Å². The van der Waals surface area contributed by atoms with Crippen LogP contribution < -0.4 is 15.8 Å². The number of halogens is 2. The molecule has 0 unspecified atom stereocenters. The highest BCUT2D eigenvalue weighted by molar-refractivity contribution is 6.42. The Bertz CT molecular complexity index is 660. The molecule has 2 rings (SSSR count). The molecule has 0 spiro atoms. The summed E-state index contributed by atoms with van der Waals surface area (Å²) in [4.78, 5) is 11.6. The molecular formula is C14H12Cl2N2O2. The summed E-state index contributed by atoms with van der Waals surface area (Å²) in [6, 6.07) is 9.66. The zero-order valence-corrected chi connectivity index (χ0v) is 12.1. The van der Waals surface area contributed by atoms with E-state index in [1.165, 1.54) is 0 Å². The van der Waals surface area contributed by atoms with Crippen molar-refractivity contribution >= 4 is 34.8 Å². The van der Waals surface area contributed by atoms with E-state index in [2.05, 4.69) is 5.32 Å². The third-order valence-corrected chi connectivity index (χ3v) is 3.36. The molecule has 0 heterocycles. The molecule has 1 amide bonds. The van der Waals surface area contributed by atoms with Crippen molar-refractivity contribution in [3.05, 3.63) is 52.0 Å². The van der Waals surface area contributed by atoms with Gasteiger partial charge in [0.25, 0.3) is 5.91 Å². The number of carbonyl (C=O) groups excluding carboxylic acids is 1. The summed E-state index contributed by atoms with van der Waals surface area (Å²) in [5, 5.41) is 3.35. The SMILES string of the molecule is CNC(=O)c1ccc(N)c(Oc2ccc(Cl)c(Cl)c2)c1. The predicted octanol–water partition coefficient (Wildman–Crippen LogP) is 3.73. The van der Waals surface area contributed by atoms with Crippen LogP contribution >= 0.6 is 23.2 Å². The second-order valence-corrected chi connectivity index (χ2v) is 4.82. The molecule has 6 heteroatoms. The van der Waals surface area contributed by atoms with Gasteiger partial charge in [0.15, 0.2) is 5.75 Å². The second kappa shape index (κ2) is 6.03. The van der Waals surface area contributed by atoms with Crippen molar-refractivity contribution in [2.75, 3.05) is 12.8 Å². The summed E-state index contributed by atoms with van der Waals surface area (Å²) in [5.74, 6) is 0.647. The molecule has 3 N–H and O–H groups in total. The molecule has 0 radical (unpaired) electrons. The molecule has 0 saturated carbocycles. The number of nitrogens with one attached hydrogen (secondary N) is 1. The van der Waals surface area contributed by atoms with E-state index in [9.17, 15) is 4.79 Å². The number of benzene rings is 2. The fourth-order valence-corrected chi connectivity index (χ4v) is 1.86. The first-order valence-electron chi connectivity index (χ1n) is 5.76. The van der Waals surface area contributed by atoms with Gasteiger partial charge in [0, 0.05) is 18.7 Å². The molecule has 4 nitrogen and oxygen atoms in total. The molecule has 2 aromatic carbocycles. The topological polar surface area (TPSA) is 64.4 Å². The van der Waals surface area contributed by atoms with Crippen LogP contribution in [-0.4, -0.2) is 13.0 Å². The number of rotatable bonds is 3. The van der Waals surface area contributed by atoms with E-state index in [0.29, 0.717) is 32.8 Å². The van der Waals surface area contributed by atoms with Crippen LogP contribution in [0, 0.1) is 0 Å². The lowest BCUT2D eigenvalue weighted by molar-refractivity contribution is 0.0963. The van der Waals surface area contributed by atoms with Crippen molar-refractivity contribution in [2.24, 2.45) is 0 Å². The maximum Gasteiger partial charge on any atom is 0.251 e.